The summed E-state index contributed by atoms with van der Waals surface area (Å²) in [6.45, 7) is 12.0. The van der Waals surface area contributed by atoms with E-state index in [1.165, 1.54) is 56.2 Å². The lowest BCUT2D eigenvalue weighted by atomic mass is 10.2. The Bertz CT molecular complexity index is 4210. The zero-order valence-corrected chi connectivity index (χ0v) is 49.0. The molecule has 0 saturated heterocycles. The highest BCUT2D eigenvalue weighted by atomic mass is 32.3. The third-order valence-corrected chi connectivity index (χ3v) is 23.0. The van der Waals surface area contributed by atoms with Crippen LogP contribution in [0.5, 0.6) is 0 Å². The first-order chi connectivity index (χ1) is 40.7. The molecule has 11 aromatic carbocycles. The number of nitrogens with zero attached hydrogens (tertiary/aromatic N) is 5. The predicted molar refractivity (Wildman–Crippen MR) is 348 cm³/mol. The van der Waals surface area contributed by atoms with Gasteiger partial charge < -0.3 is 10.2 Å². The Kier molecular flexibility index (Phi) is 15.1. The Morgan fingerprint density at radius 2 is 0.695 bits per heavy atom. The number of rotatable bonds is 10. The van der Waals surface area contributed by atoms with Crippen molar-refractivity contribution in [3.8, 4) is 5.69 Å². The SMILES string of the molecule is CC.CC.CC.c1ccc(S(c2ccccc2)(c2ccc(S(c3ccccc3)(c3ccccc3)c3cccc(-n4c5ccccc5n5c6ccccc6nc45)c3)cc2)c2cccc(N3c4ccccc4N4c5ccccc5NC34)c2)cc1. The summed E-state index contributed by atoms with van der Waals surface area (Å²) in [5, 5.41) is 3.89. The molecule has 4 heterocycles. The second-order valence-electron chi connectivity index (χ2n) is 19.3. The average Bonchev–Trinajstić information content (AvgIpc) is 3.05. The monoisotopic (exact) mass is 1100 g/mol. The second kappa shape index (κ2) is 23.1. The minimum Gasteiger partial charge on any atom is -0.346 e. The molecular weight excluding hydrogens is 1040 g/mol. The molecule has 0 saturated carbocycles. The van der Waals surface area contributed by atoms with Crippen LogP contribution in [0, 0.1) is 0 Å². The molecule has 0 aliphatic carbocycles. The Morgan fingerprint density at radius 3 is 1.22 bits per heavy atom. The predicted octanol–water partition coefficient (Wildman–Crippen LogP) is 21.2. The van der Waals surface area contributed by atoms with Crippen molar-refractivity contribution in [1.29, 1.82) is 0 Å². The normalized spacial score (nSPS) is 13.6. The molecule has 1 atom stereocenters. The van der Waals surface area contributed by atoms with Gasteiger partial charge in [0.05, 0.1) is 50.5 Å². The zero-order chi connectivity index (χ0) is 56.2. The Hall–Kier alpha value is -9.21. The van der Waals surface area contributed by atoms with Crippen molar-refractivity contribution in [2.24, 2.45) is 0 Å². The van der Waals surface area contributed by atoms with Crippen molar-refractivity contribution in [2.75, 3.05) is 15.1 Å². The van der Waals surface area contributed by atoms with Crippen molar-refractivity contribution in [2.45, 2.75) is 87.0 Å². The van der Waals surface area contributed by atoms with Crippen molar-refractivity contribution >= 4 is 76.3 Å². The molecule has 0 spiro atoms. The molecule has 13 aromatic rings. The van der Waals surface area contributed by atoms with Gasteiger partial charge in [0.15, 0.2) is 6.29 Å². The third-order valence-electron chi connectivity index (χ3n) is 15.2. The lowest BCUT2D eigenvalue weighted by Gasteiger charge is -2.44. The molecular formula is C74H68N6S2. The summed E-state index contributed by atoms with van der Waals surface area (Å²) in [6, 6.07) is 108. The van der Waals surface area contributed by atoms with Crippen LogP contribution in [0.4, 0.5) is 28.4 Å². The van der Waals surface area contributed by atoms with Gasteiger partial charge >= 0.3 is 0 Å². The maximum Gasteiger partial charge on any atom is 0.220 e. The molecule has 6 nitrogen and oxygen atoms in total. The second-order valence-corrected chi connectivity index (χ2v) is 25.5. The van der Waals surface area contributed by atoms with E-state index in [2.05, 4.69) is 315 Å². The molecule has 8 heteroatoms. The standard InChI is InChI=1S/C68H50N6S2.3C2H6/c1-5-25-51(26-6-1)75(52-27-7-2-8-28-52,57-33-21-23-49(47-57)71-63-39-17-19-41-65(63)73-61-37-15-13-35-59(61)69-67(71)73)55-43-45-56(46-44-55)76(53-29-9-3-10-30-53,54-31-11-4-12-32-54)58-34-22-24-50(48-58)72-64-40-18-20-42-66(64)74-62-38-16-14-36-60(62)70-68(72)74;3*1-2/h1-48,67,69H;3*1-2H3. The largest absolute Gasteiger partial charge is 0.346 e. The highest BCUT2D eigenvalue weighted by Gasteiger charge is 2.44. The Morgan fingerprint density at radius 1 is 0.317 bits per heavy atom. The van der Waals surface area contributed by atoms with Crippen LogP contribution < -0.4 is 15.1 Å². The van der Waals surface area contributed by atoms with E-state index < -0.39 is 20.1 Å². The van der Waals surface area contributed by atoms with E-state index in [9.17, 15) is 0 Å². The quantitative estimate of drug-likeness (QED) is 0.148. The lowest BCUT2D eigenvalue weighted by Crippen LogP contribution is -2.40. The lowest BCUT2D eigenvalue weighted by molar-refractivity contribution is 0.807. The zero-order valence-electron chi connectivity index (χ0n) is 47.3. The van der Waals surface area contributed by atoms with E-state index in [1.807, 2.05) is 41.5 Å². The number of benzene rings is 11. The maximum atomic E-state index is 5.29. The van der Waals surface area contributed by atoms with E-state index in [4.69, 9.17) is 4.98 Å². The first-order valence-corrected chi connectivity index (χ1v) is 32.1. The molecule has 0 amide bonds. The molecule has 406 valence electrons. The van der Waals surface area contributed by atoms with Gasteiger partial charge in [-0.05, 0) is 158 Å². The van der Waals surface area contributed by atoms with E-state index in [1.54, 1.807) is 0 Å². The summed E-state index contributed by atoms with van der Waals surface area (Å²) in [4.78, 5) is 20.3. The van der Waals surface area contributed by atoms with E-state index in [0.29, 0.717) is 0 Å². The van der Waals surface area contributed by atoms with Crippen molar-refractivity contribution in [3.63, 3.8) is 0 Å². The van der Waals surface area contributed by atoms with Gasteiger partial charge in [-0.1, -0.05) is 175 Å². The van der Waals surface area contributed by atoms with Crippen molar-refractivity contribution < 1.29 is 0 Å². The van der Waals surface area contributed by atoms with Crippen LogP contribution in [-0.4, -0.2) is 20.2 Å². The number of nitrogens with one attached hydrogen (secondary N) is 1. The number of aromatic nitrogens is 3. The highest BCUT2D eigenvalue weighted by molar-refractivity contribution is 8.34. The summed E-state index contributed by atoms with van der Waals surface area (Å²) < 4.78 is 4.64. The van der Waals surface area contributed by atoms with Gasteiger partial charge in [-0.15, -0.1) is 20.1 Å². The number of fused-ring (bicyclic) bond motifs is 10. The topological polar surface area (TPSA) is 40.7 Å². The van der Waals surface area contributed by atoms with Crippen LogP contribution in [-0.2, 0) is 0 Å². The molecule has 1 unspecified atom stereocenters. The van der Waals surface area contributed by atoms with E-state index in [0.717, 1.165) is 44.9 Å². The van der Waals surface area contributed by atoms with Crippen LogP contribution >= 0.6 is 20.1 Å². The van der Waals surface area contributed by atoms with Crippen LogP contribution in [0.2, 0.25) is 0 Å². The smallest absolute Gasteiger partial charge is 0.220 e. The van der Waals surface area contributed by atoms with E-state index >= 15 is 0 Å². The number of para-hydroxylation sites is 8. The summed E-state index contributed by atoms with van der Waals surface area (Å²) >= 11 is 0. The van der Waals surface area contributed by atoms with Crippen molar-refractivity contribution in [1.82, 2.24) is 14.0 Å². The summed E-state index contributed by atoms with van der Waals surface area (Å²) in [5.74, 6) is 0.894. The highest BCUT2D eigenvalue weighted by Crippen LogP contribution is 2.76. The van der Waals surface area contributed by atoms with Gasteiger partial charge in [-0.3, -0.25) is 13.9 Å². The average molecular weight is 1110 g/mol. The summed E-state index contributed by atoms with van der Waals surface area (Å²) in [5.41, 5.74) is 11.2. The number of hydrogen-bond acceptors (Lipinski definition) is 4. The van der Waals surface area contributed by atoms with Crippen LogP contribution in [0.25, 0.3) is 33.5 Å². The fourth-order valence-electron chi connectivity index (χ4n) is 12.1. The molecule has 1 N–H and O–H groups in total. The summed E-state index contributed by atoms with van der Waals surface area (Å²) in [7, 11) is -4.26. The molecule has 82 heavy (non-hydrogen) atoms. The molecule has 15 rings (SSSR count). The molecule has 0 radical (unpaired) electrons. The van der Waals surface area contributed by atoms with Gasteiger partial charge in [-0.25, -0.2) is 4.98 Å². The van der Waals surface area contributed by atoms with Crippen LogP contribution in [0.3, 0.4) is 0 Å². The number of anilines is 5. The number of hydrogen-bond donors (Lipinski definition) is 1. The summed E-state index contributed by atoms with van der Waals surface area (Å²) in [6.07, 6.45) is -0.116. The van der Waals surface area contributed by atoms with E-state index in [-0.39, 0.29) is 6.29 Å². The molecule has 2 aromatic heterocycles. The number of imidazole rings is 2. The van der Waals surface area contributed by atoms with Gasteiger partial charge in [0.1, 0.15) is 0 Å². The van der Waals surface area contributed by atoms with Gasteiger partial charge in [0.2, 0.25) is 5.78 Å². The van der Waals surface area contributed by atoms with Crippen molar-refractivity contribution in [3.05, 3.63) is 291 Å². The third kappa shape index (κ3) is 8.55. The van der Waals surface area contributed by atoms with Gasteiger partial charge in [0.25, 0.3) is 0 Å². The van der Waals surface area contributed by atoms with Crippen LogP contribution in [0.1, 0.15) is 41.5 Å². The first kappa shape index (κ1) is 53.4. The van der Waals surface area contributed by atoms with Crippen LogP contribution in [0.15, 0.2) is 330 Å². The van der Waals surface area contributed by atoms with Gasteiger partial charge in [0, 0.05) is 44.9 Å². The van der Waals surface area contributed by atoms with Gasteiger partial charge in [-0.2, -0.15) is 0 Å². The minimum atomic E-state index is -2.14. The molecule has 0 fully saturated rings. The fraction of sp³-hybridized carbons (Fsp3) is 0.0946. The molecule has 0 bridgehead atoms. The maximum absolute atomic E-state index is 5.29. The molecule has 2 aliphatic heterocycles. The fourth-order valence-corrected chi connectivity index (χ4v) is 19.9. The molecule has 2 aliphatic rings. The Balaban J connectivity index is 0.00000108. The minimum absolute atomic E-state index is 0.116. The first-order valence-electron chi connectivity index (χ1n) is 28.8. The Labute approximate surface area is 486 Å².